The predicted octanol–water partition coefficient (Wildman–Crippen LogP) is 4.16. The molecule has 2 heterocycles. The zero-order chi connectivity index (χ0) is 19.7. The number of carbonyl (C=O) groups is 1. The molecule has 0 aliphatic carbocycles. The van der Waals surface area contributed by atoms with Crippen molar-refractivity contribution in [3.63, 3.8) is 0 Å². The van der Waals surface area contributed by atoms with Gasteiger partial charge in [-0.25, -0.2) is 4.98 Å². The Bertz CT molecular complexity index is 1250. The largest absolute Gasteiger partial charge is 0.305 e. The molecule has 0 atom stereocenters. The molecule has 0 radical (unpaired) electrons. The van der Waals surface area contributed by atoms with Crippen molar-refractivity contribution in [1.82, 2.24) is 14.8 Å². The Morgan fingerprint density at radius 1 is 1.07 bits per heavy atom. The minimum Gasteiger partial charge on any atom is -0.305 e. The maximum Gasteiger partial charge on any atom is 0.257 e. The summed E-state index contributed by atoms with van der Waals surface area (Å²) >= 11 is 0. The summed E-state index contributed by atoms with van der Waals surface area (Å²) in [7, 11) is 0. The molecule has 2 aromatic heterocycles. The molecule has 4 aromatic rings. The standard InChI is InChI=1S/C22H17N5O/c1-14-7-3-4-9-18(14)22(28)26-21-16(12-23)13-24-27(21)20-11-15(2)17-8-5-6-10-19(17)25-20/h3-11,13H,1-2H3,(H,26,28). The number of aromatic nitrogens is 3. The first-order valence-corrected chi connectivity index (χ1v) is 8.80. The van der Waals surface area contributed by atoms with Crippen LogP contribution in [-0.2, 0) is 0 Å². The lowest BCUT2D eigenvalue weighted by Gasteiger charge is -2.12. The van der Waals surface area contributed by atoms with Crippen molar-refractivity contribution >= 4 is 22.6 Å². The number of nitrogens with zero attached hydrogens (tertiary/aromatic N) is 4. The van der Waals surface area contributed by atoms with Gasteiger partial charge in [-0.05, 0) is 43.2 Å². The van der Waals surface area contributed by atoms with Crippen molar-refractivity contribution in [2.75, 3.05) is 5.32 Å². The quantitative estimate of drug-likeness (QED) is 0.589. The first kappa shape index (κ1) is 17.4. The summed E-state index contributed by atoms with van der Waals surface area (Å²) in [5.41, 5.74) is 3.52. The monoisotopic (exact) mass is 367 g/mol. The Hall–Kier alpha value is -3.98. The molecule has 0 aliphatic heterocycles. The number of para-hydroxylation sites is 1. The molecule has 1 N–H and O–H groups in total. The van der Waals surface area contributed by atoms with Gasteiger partial charge in [0.25, 0.3) is 5.91 Å². The third-order valence-electron chi connectivity index (χ3n) is 4.64. The summed E-state index contributed by atoms with van der Waals surface area (Å²) < 4.78 is 1.49. The van der Waals surface area contributed by atoms with E-state index >= 15 is 0 Å². The van der Waals surface area contributed by atoms with Crippen LogP contribution >= 0.6 is 0 Å². The molecule has 0 aliphatic rings. The van der Waals surface area contributed by atoms with Crippen LogP contribution in [0.4, 0.5) is 5.82 Å². The van der Waals surface area contributed by atoms with Gasteiger partial charge in [-0.1, -0.05) is 36.4 Å². The molecule has 0 spiro atoms. The Labute approximate surface area is 162 Å². The van der Waals surface area contributed by atoms with Gasteiger partial charge in [-0.15, -0.1) is 0 Å². The number of hydrogen-bond donors (Lipinski definition) is 1. The molecule has 136 valence electrons. The number of anilines is 1. The molecule has 6 nitrogen and oxygen atoms in total. The van der Waals surface area contributed by atoms with Crippen molar-refractivity contribution in [2.24, 2.45) is 0 Å². The molecule has 28 heavy (non-hydrogen) atoms. The van der Waals surface area contributed by atoms with Crippen molar-refractivity contribution in [3.8, 4) is 11.9 Å². The van der Waals surface area contributed by atoms with Crippen molar-refractivity contribution in [2.45, 2.75) is 13.8 Å². The SMILES string of the molecule is Cc1ccccc1C(=O)Nc1c(C#N)cnn1-c1cc(C)c2ccccc2n1. The number of hydrogen-bond acceptors (Lipinski definition) is 4. The third kappa shape index (κ3) is 2.99. The van der Waals surface area contributed by atoms with Crippen LogP contribution in [-0.4, -0.2) is 20.7 Å². The fourth-order valence-corrected chi connectivity index (χ4v) is 3.17. The number of rotatable bonds is 3. The summed E-state index contributed by atoms with van der Waals surface area (Å²) in [5.74, 6) is 0.546. The minimum atomic E-state index is -0.297. The number of nitrogens with one attached hydrogen (secondary N) is 1. The van der Waals surface area contributed by atoms with E-state index in [0.717, 1.165) is 22.0 Å². The summed E-state index contributed by atoms with van der Waals surface area (Å²) in [6, 6.07) is 19.1. The fraction of sp³-hybridized carbons (Fsp3) is 0.0909. The predicted molar refractivity (Wildman–Crippen MR) is 107 cm³/mol. The van der Waals surface area contributed by atoms with Crippen molar-refractivity contribution in [1.29, 1.82) is 5.26 Å². The van der Waals surface area contributed by atoms with E-state index in [1.54, 1.807) is 12.1 Å². The maximum atomic E-state index is 12.8. The molecule has 0 fully saturated rings. The van der Waals surface area contributed by atoms with Gasteiger partial charge >= 0.3 is 0 Å². The first-order valence-electron chi connectivity index (χ1n) is 8.80. The van der Waals surface area contributed by atoms with Crippen LogP contribution in [0.5, 0.6) is 0 Å². The summed E-state index contributed by atoms with van der Waals surface area (Å²) in [5, 5.41) is 17.6. The highest BCUT2D eigenvalue weighted by Gasteiger charge is 2.18. The van der Waals surface area contributed by atoms with Gasteiger partial charge < -0.3 is 5.32 Å². The zero-order valence-electron chi connectivity index (χ0n) is 15.5. The smallest absolute Gasteiger partial charge is 0.257 e. The van der Waals surface area contributed by atoms with Crippen LogP contribution in [0.3, 0.4) is 0 Å². The second kappa shape index (κ2) is 6.97. The van der Waals surface area contributed by atoms with Crippen LogP contribution in [0.1, 0.15) is 27.0 Å². The lowest BCUT2D eigenvalue weighted by molar-refractivity contribution is 0.102. The van der Waals surface area contributed by atoms with Crippen LogP contribution in [0.15, 0.2) is 60.8 Å². The topological polar surface area (TPSA) is 83.6 Å². The van der Waals surface area contributed by atoms with Crippen molar-refractivity contribution < 1.29 is 4.79 Å². The highest BCUT2D eigenvalue weighted by molar-refractivity contribution is 6.05. The van der Waals surface area contributed by atoms with E-state index in [1.165, 1.54) is 10.9 Å². The Morgan fingerprint density at radius 2 is 1.82 bits per heavy atom. The van der Waals surface area contributed by atoms with E-state index in [9.17, 15) is 10.1 Å². The highest BCUT2D eigenvalue weighted by atomic mass is 16.1. The Balaban J connectivity index is 1.80. The van der Waals surface area contributed by atoms with Gasteiger partial charge in [0.05, 0.1) is 11.7 Å². The number of pyridine rings is 1. The Morgan fingerprint density at radius 3 is 2.61 bits per heavy atom. The number of carbonyl (C=O) groups excluding carboxylic acids is 1. The zero-order valence-corrected chi connectivity index (χ0v) is 15.5. The lowest BCUT2D eigenvalue weighted by Crippen LogP contribution is -2.17. The van der Waals surface area contributed by atoms with E-state index in [0.29, 0.717) is 17.2 Å². The van der Waals surface area contributed by atoms with Gasteiger partial charge in [-0.2, -0.15) is 15.0 Å². The number of benzene rings is 2. The normalized spacial score (nSPS) is 10.6. The Kier molecular flexibility index (Phi) is 4.34. The highest BCUT2D eigenvalue weighted by Crippen LogP contribution is 2.24. The van der Waals surface area contributed by atoms with Gasteiger partial charge in [0, 0.05) is 10.9 Å². The number of fused-ring (bicyclic) bond motifs is 1. The second-order valence-electron chi connectivity index (χ2n) is 6.51. The maximum absolute atomic E-state index is 12.8. The molecule has 4 rings (SSSR count). The summed E-state index contributed by atoms with van der Waals surface area (Å²) in [6.45, 7) is 3.86. The van der Waals surface area contributed by atoms with E-state index in [1.807, 2.05) is 56.3 Å². The molecule has 0 saturated carbocycles. The van der Waals surface area contributed by atoms with Gasteiger partial charge in [0.2, 0.25) is 0 Å². The number of nitriles is 1. The van der Waals surface area contributed by atoms with Crippen LogP contribution in [0.25, 0.3) is 16.7 Å². The summed E-state index contributed by atoms with van der Waals surface area (Å²) in [6.07, 6.45) is 1.43. The molecule has 6 heteroatoms. The lowest BCUT2D eigenvalue weighted by atomic mass is 10.1. The second-order valence-corrected chi connectivity index (χ2v) is 6.51. The average Bonchev–Trinajstić information content (AvgIpc) is 3.10. The first-order chi connectivity index (χ1) is 13.6. The van der Waals surface area contributed by atoms with Crippen molar-refractivity contribution in [3.05, 3.63) is 83.0 Å². The van der Waals surface area contributed by atoms with Gasteiger partial charge in [-0.3, -0.25) is 4.79 Å². The van der Waals surface area contributed by atoms with Gasteiger partial charge in [0.1, 0.15) is 11.6 Å². The van der Waals surface area contributed by atoms with Crippen LogP contribution < -0.4 is 5.32 Å². The summed E-state index contributed by atoms with van der Waals surface area (Å²) in [4.78, 5) is 17.4. The van der Waals surface area contributed by atoms with E-state index in [2.05, 4.69) is 21.5 Å². The minimum absolute atomic E-state index is 0.273. The molecule has 0 unspecified atom stereocenters. The van der Waals surface area contributed by atoms with Gasteiger partial charge in [0.15, 0.2) is 11.6 Å². The number of amides is 1. The molecule has 0 saturated heterocycles. The average molecular weight is 367 g/mol. The molecule has 0 bridgehead atoms. The molecule has 2 aromatic carbocycles. The third-order valence-corrected chi connectivity index (χ3v) is 4.64. The van der Waals surface area contributed by atoms with Crippen LogP contribution in [0.2, 0.25) is 0 Å². The van der Waals surface area contributed by atoms with E-state index in [4.69, 9.17) is 0 Å². The molecular weight excluding hydrogens is 350 g/mol. The number of aryl methyl sites for hydroxylation is 2. The van der Waals surface area contributed by atoms with Crippen LogP contribution in [0, 0.1) is 25.2 Å². The molecular formula is C22H17N5O. The van der Waals surface area contributed by atoms with E-state index < -0.39 is 0 Å². The van der Waals surface area contributed by atoms with E-state index in [-0.39, 0.29) is 11.5 Å². The molecule has 1 amide bonds. The fourth-order valence-electron chi connectivity index (χ4n) is 3.17.